The number of nitrogen functional groups attached to an aromatic ring is 1. The molecule has 2 heterocycles. The van der Waals surface area contributed by atoms with Crippen molar-refractivity contribution in [1.29, 1.82) is 0 Å². The summed E-state index contributed by atoms with van der Waals surface area (Å²) in [5, 5.41) is 10.1. The highest BCUT2D eigenvalue weighted by Gasteiger charge is 2.24. The first kappa shape index (κ1) is 19.4. The minimum atomic E-state index is 0.268. The third-order valence-electron chi connectivity index (χ3n) is 5.58. The van der Waals surface area contributed by atoms with Crippen LogP contribution in [0.15, 0.2) is 35.8 Å². The Kier molecular flexibility index (Phi) is 6.04. The van der Waals surface area contributed by atoms with E-state index < -0.39 is 0 Å². The second kappa shape index (κ2) is 9.04. The van der Waals surface area contributed by atoms with E-state index in [1.54, 1.807) is 18.5 Å². The fourth-order valence-electron chi connectivity index (χ4n) is 4.02. The third kappa shape index (κ3) is 4.73. The molecule has 2 fully saturated rings. The van der Waals surface area contributed by atoms with E-state index >= 15 is 0 Å². The lowest BCUT2D eigenvalue weighted by Gasteiger charge is -2.32. The van der Waals surface area contributed by atoms with Crippen LogP contribution in [0.2, 0.25) is 0 Å². The van der Waals surface area contributed by atoms with E-state index in [0.717, 1.165) is 44.5 Å². The van der Waals surface area contributed by atoms with Gasteiger partial charge in [-0.15, -0.1) is 4.91 Å². The van der Waals surface area contributed by atoms with Gasteiger partial charge in [-0.3, -0.25) is 0 Å². The molecule has 0 bridgehead atoms. The predicted octanol–water partition coefficient (Wildman–Crippen LogP) is 3.13. The first-order chi connectivity index (χ1) is 14.2. The zero-order valence-electron chi connectivity index (χ0n) is 16.4. The van der Waals surface area contributed by atoms with Crippen molar-refractivity contribution in [2.75, 3.05) is 47.6 Å². The Morgan fingerprint density at radius 2 is 1.69 bits per heavy atom. The summed E-state index contributed by atoms with van der Waals surface area (Å²) in [5.41, 5.74) is 8.54. The Hall–Kier alpha value is -2.94. The summed E-state index contributed by atoms with van der Waals surface area (Å²) in [7, 11) is 0. The van der Waals surface area contributed by atoms with E-state index in [9.17, 15) is 4.91 Å². The monoisotopic (exact) mass is 397 g/mol. The topological polar surface area (TPSA) is 118 Å². The molecule has 0 spiro atoms. The largest absolute Gasteiger partial charge is 0.397 e. The number of hydrogen-bond acceptors (Lipinski definition) is 9. The van der Waals surface area contributed by atoms with E-state index in [1.807, 2.05) is 12.1 Å². The SMILES string of the molecule is Nc1cc(N2CCOCC2)cc(NC2CCC(Nc3ncccn3)CC2)c1N=O. The maximum absolute atomic E-state index is 11.4. The van der Waals surface area contributed by atoms with Crippen molar-refractivity contribution >= 4 is 28.7 Å². The fourth-order valence-corrected chi connectivity index (χ4v) is 4.02. The quantitative estimate of drug-likeness (QED) is 0.503. The number of benzene rings is 1. The summed E-state index contributed by atoms with van der Waals surface area (Å²) in [5.74, 6) is 0.669. The van der Waals surface area contributed by atoms with Gasteiger partial charge in [-0.05, 0) is 49.1 Å². The predicted molar refractivity (Wildman–Crippen MR) is 115 cm³/mol. The van der Waals surface area contributed by atoms with Crippen molar-refractivity contribution < 1.29 is 4.74 Å². The maximum atomic E-state index is 11.4. The Morgan fingerprint density at radius 3 is 2.34 bits per heavy atom. The van der Waals surface area contributed by atoms with Gasteiger partial charge in [-0.25, -0.2) is 9.97 Å². The van der Waals surface area contributed by atoms with Gasteiger partial charge in [0.2, 0.25) is 5.95 Å². The number of rotatable bonds is 6. The molecule has 0 amide bonds. The highest BCUT2D eigenvalue weighted by molar-refractivity contribution is 5.83. The minimum Gasteiger partial charge on any atom is -0.397 e. The third-order valence-corrected chi connectivity index (χ3v) is 5.58. The first-order valence-electron chi connectivity index (χ1n) is 10.1. The zero-order valence-corrected chi connectivity index (χ0v) is 16.4. The number of nitrogens with two attached hydrogens (primary N) is 1. The highest BCUT2D eigenvalue weighted by Crippen LogP contribution is 2.38. The molecule has 0 atom stereocenters. The zero-order chi connectivity index (χ0) is 20.1. The number of hydrogen-bond donors (Lipinski definition) is 3. The van der Waals surface area contributed by atoms with E-state index in [0.29, 0.717) is 42.3 Å². The smallest absolute Gasteiger partial charge is 0.222 e. The molecule has 4 N–H and O–H groups in total. The lowest BCUT2D eigenvalue weighted by atomic mass is 9.91. The van der Waals surface area contributed by atoms with Crippen LogP contribution >= 0.6 is 0 Å². The standard InChI is InChI=1S/C20H27N7O2/c21-17-12-16(27-8-10-29-11-9-27)13-18(19(17)26-28)24-14-2-4-15(5-3-14)25-20-22-6-1-7-23-20/h1,6-7,12-15,24H,2-5,8-11,21H2,(H,22,23,25). The molecule has 2 aliphatic rings. The minimum absolute atomic E-state index is 0.268. The molecule has 29 heavy (non-hydrogen) atoms. The van der Waals surface area contributed by atoms with Gasteiger partial charge in [0.05, 0.1) is 24.6 Å². The summed E-state index contributed by atoms with van der Waals surface area (Å²) in [6.07, 6.45) is 7.43. The highest BCUT2D eigenvalue weighted by atomic mass is 16.5. The molecular formula is C20H27N7O2. The second-order valence-electron chi connectivity index (χ2n) is 7.53. The van der Waals surface area contributed by atoms with Gasteiger partial charge in [0.25, 0.3) is 0 Å². The van der Waals surface area contributed by atoms with Gasteiger partial charge in [-0.2, -0.15) is 0 Å². The summed E-state index contributed by atoms with van der Waals surface area (Å²) in [6, 6.07) is 6.24. The first-order valence-corrected chi connectivity index (χ1v) is 10.1. The molecular weight excluding hydrogens is 370 g/mol. The number of morpholine rings is 1. The van der Waals surface area contributed by atoms with E-state index in [1.165, 1.54) is 0 Å². The molecule has 1 aliphatic carbocycles. The van der Waals surface area contributed by atoms with Crippen LogP contribution in [0.5, 0.6) is 0 Å². The Bertz CT molecular complexity index is 819. The van der Waals surface area contributed by atoms with Gasteiger partial charge < -0.3 is 26.0 Å². The molecule has 4 rings (SSSR count). The molecule has 2 aromatic rings. The van der Waals surface area contributed by atoms with E-state index in [2.05, 4.69) is 30.7 Å². The molecule has 154 valence electrons. The van der Waals surface area contributed by atoms with Crippen molar-refractivity contribution in [2.24, 2.45) is 5.18 Å². The van der Waals surface area contributed by atoms with Gasteiger partial charge in [0.1, 0.15) is 0 Å². The van der Waals surface area contributed by atoms with Crippen LogP contribution in [0.4, 0.5) is 28.7 Å². The van der Waals surface area contributed by atoms with E-state index in [-0.39, 0.29) is 6.04 Å². The Labute approximate surface area is 170 Å². The lowest BCUT2D eigenvalue weighted by Crippen LogP contribution is -2.36. The van der Waals surface area contributed by atoms with Crippen molar-refractivity contribution in [2.45, 2.75) is 37.8 Å². The van der Waals surface area contributed by atoms with Crippen molar-refractivity contribution in [3.8, 4) is 0 Å². The number of nitrogens with zero attached hydrogens (tertiary/aromatic N) is 4. The summed E-state index contributed by atoms with van der Waals surface area (Å²) < 4.78 is 5.43. The van der Waals surface area contributed by atoms with Gasteiger partial charge in [-0.1, -0.05) is 0 Å². The summed E-state index contributed by atoms with van der Waals surface area (Å²) >= 11 is 0. The van der Waals surface area contributed by atoms with Crippen LogP contribution < -0.4 is 21.3 Å². The van der Waals surface area contributed by atoms with Gasteiger partial charge >= 0.3 is 0 Å². The van der Waals surface area contributed by atoms with Crippen LogP contribution in [0, 0.1) is 4.91 Å². The average Bonchev–Trinajstić information content (AvgIpc) is 2.76. The fraction of sp³-hybridized carbons (Fsp3) is 0.500. The molecule has 1 saturated heterocycles. The molecule has 1 aromatic heterocycles. The Balaban J connectivity index is 1.41. The average molecular weight is 397 g/mol. The van der Waals surface area contributed by atoms with Crippen LogP contribution in [-0.4, -0.2) is 48.4 Å². The van der Waals surface area contributed by atoms with Crippen LogP contribution in [0.3, 0.4) is 0 Å². The van der Waals surface area contributed by atoms with Crippen molar-refractivity contribution in [1.82, 2.24) is 9.97 Å². The molecule has 0 unspecified atom stereocenters. The second-order valence-corrected chi connectivity index (χ2v) is 7.53. The Morgan fingerprint density at radius 1 is 1.03 bits per heavy atom. The molecule has 9 heteroatoms. The number of nitroso groups, excluding NO2 is 1. The molecule has 1 aromatic carbocycles. The summed E-state index contributed by atoms with van der Waals surface area (Å²) in [6.45, 7) is 3.01. The molecule has 0 radical (unpaired) electrons. The van der Waals surface area contributed by atoms with Crippen LogP contribution in [0.25, 0.3) is 0 Å². The molecule has 1 saturated carbocycles. The number of nitrogens with one attached hydrogen (secondary N) is 2. The molecule has 1 aliphatic heterocycles. The normalized spacial score (nSPS) is 22.1. The number of aromatic nitrogens is 2. The van der Waals surface area contributed by atoms with Crippen molar-refractivity contribution in [3.05, 3.63) is 35.5 Å². The maximum Gasteiger partial charge on any atom is 0.222 e. The van der Waals surface area contributed by atoms with E-state index in [4.69, 9.17) is 10.5 Å². The lowest BCUT2D eigenvalue weighted by molar-refractivity contribution is 0.122. The van der Waals surface area contributed by atoms with Gasteiger partial charge in [0.15, 0.2) is 5.69 Å². The van der Waals surface area contributed by atoms with Crippen LogP contribution in [-0.2, 0) is 4.74 Å². The molecule has 9 nitrogen and oxygen atoms in total. The summed E-state index contributed by atoms with van der Waals surface area (Å²) in [4.78, 5) is 22.1. The van der Waals surface area contributed by atoms with Gasteiger partial charge in [0, 0.05) is 43.3 Å². The number of ether oxygens (including phenoxy) is 1. The van der Waals surface area contributed by atoms with Crippen molar-refractivity contribution in [3.63, 3.8) is 0 Å². The van der Waals surface area contributed by atoms with Crippen LogP contribution in [0.1, 0.15) is 25.7 Å². The number of anilines is 4.